The van der Waals surface area contributed by atoms with Crippen molar-refractivity contribution in [3.63, 3.8) is 0 Å². The number of aromatic nitrogens is 1. The molecule has 0 bridgehead atoms. The molecule has 0 amide bonds. The second-order valence-corrected chi connectivity index (χ2v) is 8.73. The number of benzene rings is 1. The number of aryl methyl sites for hydroxylation is 1. The number of H-pyrrole nitrogens is 1. The van der Waals surface area contributed by atoms with Crippen LogP contribution in [0.25, 0.3) is 10.9 Å². The lowest BCUT2D eigenvalue weighted by Gasteiger charge is -2.15. The number of para-hydroxylation sites is 1. The highest BCUT2D eigenvalue weighted by Gasteiger charge is 2.28. The fraction of sp³-hybridized carbons (Fsp3) is 0.500. The molecule has 1 fully saturated rings. The standard InChI is InChI=1S/C18H26N4O2S/c1-3-13-5-4-6-16-14(11-21-17(13)16)7-9-20-18(19-2)22-15-8-10-25(23,24)12-15/h4-6,11,15,21H,3,7-10,12H2,1-2H3,(H2,19,20,22). The quantitative estimate of drug-likeness (QED) is 0.557. The monoisotopic (exact) mass is 362 g/mol. The zero-order valence-corrected chi connectivity index (χ0v) is 15.6. The van der Waals surface area contributed by atoms with Crippen molar-refractivity contribution in [1.82, 2.24) is 15.6 Å². The minimum Gasteiger partial charge on any atom is -0.361 e. The van der Waals surface area contributed by atoms with E-state index >= 15 is 0 Å². The van der Waals surface area contributed by atoms with Gasteiger partial charge in [-0.1, -0.05) is 25.1 Å². The minimum atomic E-state index is -2.89. The first kappa shape index (κ1) is 17.8. The molecule has 1 aliphatic heterocycles. The Morgan fingerprint density at radius 3 is 2.88 bits per heavy atom. The van der Waals surface area contributed by atoms with Crippen LogP contribution in [0.4, 0.5) is 0 Å². The van der Waals surface area contributed by atoms with Gasteiger partial charge in [0.15, 0.2) is 15.8 Å². The van der Waals surface area contributed by atoms with Crippen molar-refractivity contribution in [2.75, 3.05) is 25.1 Å². The van der Waals surface area contributed by atoms with Crippen LogP contribution in [0.5, 0.6) is 0 Å². The average molecular weight is 362 g/mol. The lowest BCUT2D eigenvalue weighted by Crippen LogP contribution is -2.44. The van der Waals surface area contributed by atoms with Crippen LogP contribution < -0.4 is 10.6 Å². The van der Waals surface area contributed by atoms with Crippen LogP contribution in [-0.4, -0.2) is 50.5 Å². The predicted molar refractivity (Wildman–Crippen MR) is 103 cm³/mol. The smallest absolute Gasteiger partial charge is 0.191 e. The molecule has 6 nitrogen and oxygen atoms in total. The van der Waals surface area contributed by atoms with E-state index in [4.69, 9.17) is 0 Å². The normalized spacial score (nSPS) is 20.1. The van der Waals surface area contributed by atoms with E-state index in [2.05, 4.69) is 51.9 Å². The van der Waals surface area contributed by atoms with E-state index in [0.29, 0.717) is 12.4 Å². The highest BCUT2D eigenvalue weighted by Crippen LogP contribution is 2.22. The Bertz CT molecular complexity index is 870. The molecule has 0 saturated carbocycles. The summed E-state index contributed by atoms with van der Waals surface area (Å²) in [6.07, 6.45) is 4.60. The Hall–Kier alpha value is -2.02. The molecule has 1 aliphatic rings. The van der Waals surface area contributed by atoms with Crippen LogP contribution in [0.2, 0.25) is 0 Å². The van der Waals surface area contributed by atoms with Gasteiger partial charge in [-0.3, -0.25) is 4.99 Å². The van der Waals surface area contributed by atoms with Crippen molar-refractivity contribution in [2.24, 2.45) is 4.99 Å². The van der Waals surface area contributed by atoms with Crippen LogP contribution in [0.3, 0.4) is 0 Å². The van der Waals surface area contributed by atoms with Gasteiger partial charge < -0.3 is 15.6 Å². The molecule has 136 valence electrons. The predicted octanol–water partition coefficient (Wildman–Crippen LogP) is 1.62. The number of guanidine groups is 1. The Morgan fingerprint density at radius 2 is 2.20 bits per heavy atom. The summed E-state index contributed by atoms with van der Waals surface area (Å²) in [6.45, 7) is 2.90. The van der Waals surface area contributed by atoms with Crippen LogP contribution in [0, 0.1) is 0 Å². The molecule has 1 aromatic heterocycles. The van der Waals surface area contributed by atoms with E-state index in [0.717, 1.165) is 19.4 Å². The lowest BCUT2D eigenvalue weighted by molar-refractivity contribution is 0.599. The number of aromatic amines is 1. The third-order valence-corrected chi connectivity index (χ3v) is 6.52. The molecular weight excluding hydrogens is 336 g/mol. The molecule has 1 saturated heterocycles. The van der Waals surface area contributed by atoms with Gasteiger partial charge in [0.2, 0.25) is 0 Å². The molecule has 0 aliphatic carbocycles. The lowest BCUT2D eigenvalue weighted by atomic mass is 10.1. The number of nitrogens with one attached hydrogen (secondary N) is 3. The van der Waals surface area contributed by atoms with Gasteiger partial charge in [-0.05, 0) is 30.4 Å². The van der Waals surface area contributed by atoms with Gasteiger partial charge in [0.1, 0.15) is 0 Å². The first-order valence-corrected chi connectivity index (χ1v) is 10.6. The number of hydrogen-bond donors (Lipinski definition) is 3. The summed E-state index contributed by atoms with van der Waals surface area (Å²) in [6, 6.07) is 6.36. The van der Waals surface area contributed by atoms with Crippen molar-refractivity contribution in [2.45, 2.75) is 32.2 Å². The molecular formula is C18H26N4O2S. The summed E-state index contributed by atoms with van der Waals surface area (Å²) in [5.74, 6) is 1.11. The van der Waals surface area contributed by atoms with Gasteiger partial charge in [0, 0.05) is 36.7 Å². The van der Waals surface area contributed by atoms with Crippen molar-refractivity contribution in [3.8, 4) is 0 Å². The van der Waals surface area contributed by atoms with E-state index in [-0.39, 0.29) is 17.5 Å². The second kappa shape index (κ2) is 7.47. The average Bonchev–Trinajstić information content (AvgIpc) is 3.16. The fourth-order valence-electron chi connectivity index (χ4n) is 3.39. The summed E-state index contributed by atoms with van der Waals surface area (Å²) in [4.78, 5) is 7.59. The largest absolute Gasteiger partial charge is 0.361 e. The Morgan fingerprint density at radius 1 is 1.36 bits per heavy atom. The number of rotatable bonds is 5. The zero-order valence-electron chi connectivity index (χ0n) is 14.8. The third-order valence-electron chi connectivity index (χ3n) is 4.75. The summed E-state index contributed by atoms with van der Waals surface area (Å²) in [7, 11) is -1.18. The van der Waals surface area contributed by atoms with Crippen molar-refractivity contribution >= 4 is 26.7 Å². The topological polar surface area (TPSA) is 86.3 Å². The summed E-state index contributed by atoms with van der Waals surface area (Å²) in [5, 5.41) is 7.76. The first-order valence-electron chi connectivity index (χ1n) is 8.78. The summed E-state index contributed by atoms with van der Waals surface area (Å²) >= 11 is 0. The molecule has 1 aromatic carbocycles. The molecule has 1 unspecified atom stereocenters. The zero-order chi connectivity index (χ0) is 17.9. The van der Waals surface area contributed by atoms with E-state index in [1.165, 1.54) is 22.0 Å². The molecule has 3 N–H and O–H groups in total. The number of fused-ring (bicyclic) bond motifs is 1. The van der Waals surface area contributed by atoms with Gasteiger partial charge >= 0.3 is 0 Å². The molecule has 2 aromatic rings. The van der Waals surface area contributed by atoms with Gasteiger partial charge in [-0.15, -0.1) is 0 Å². The van der Waals surface area contributed by atoms with Gasteiger partial charge in [0.05, 0.1) is 11.5 Å². The summed E-state index contributed by atoms with van der Waals surface area (Å²) in [5.41, 5.74) is 3.83. The maximum atomic E-state index is 11.6. The SMILES string of the molecule is CCc1cccc2c(CCNC(=NC)NC3CCS(=O)(=O)C3)c[nH]c12. The van der Waals surface area contributed by atoms with Gasteiger partial charge in [-0.25, -0.2) is 8.42 Å². The second-order valence-electron chi connectivity index (χ2n) is 6.50. The van der Waals surface area contributed by atoms with Crippen molar-refractivity contribution in [1.29, 1.82) is 0 Å². The van der Waals surface area contributed by atoms with Gasteiger partial charge in [0.25, 0.3) is 0 Å². The van der Waals surface area contributed by atoms with Crippen LogP contribution in [0.15, 0.2) is 29.4 Å². The number of hydrogen-bond acceptors (Lipinski definition) is 3. The molecule has 1 atom stereocenters. The Kier molecular flexibility index (Phi) is 5.32. The van der Waals surface area contributed by atoms with Crippen LogP contribution in [-0.2, 0) is 22.7 Å². The Labute approximate surface area is 149 Å². The van der Waals surface area contributed by atoms with Crippen molar-refractivity contribution in [3.05, 3.63) is 35.5 Å². The molecule has 0 radical (unpaired) electrons. The Balaban J connectivity index is 1.57. The number of nitrogens with zero attached hydrogens (tertiary/aromatic N) is 1. The van der Waals surface area contributed by atoms with Gasteiger partial charge in [-0.2, -0.15) is 0 Å². The van der Waals surface area contributed by atoms with Crippen molar-refractivity contribution < 1.29 is 8.42 Å². The molecule has 7 heteroatoms. The maximum absolute atomic E-state index is 11.6. The number of sulfone groups is 1. The molecule has 3 rings (SSSR count). The molecule has 0 spiro atoms. The molecule has 25 heavy (non-hydrogen) atoms. The number of aliphatic imine (C=N–C) groups is 1. The van der Waals surface area contributed by atoms with E-state index < -0.39 is 9.84 Å². The van der Waals surface area contributed by atoms with E-state index in [9.17, 15) is 8.42 Å². The van der Waals surface area contributed by atoms with Crippen LogP contribution >= 0.6 is 0 Å². The maximum Gasteiger partial charge on any atom is 0.191 e. The third kappa shape index (κ3) is 4.15. The van der Waals surface area contributed by atoms with Crippen LogP contribution in [0.1, 0.15) is 24.5 Å². The highest BCUT2D eigenvalue weighted by molar-refractivity contribution is 7.91. The fourth-order valence-corrected chi connectivity index (χ4v) is 5.06. The first-order chi connectivity index (χ1) is 12.0. The minimum absolute atomic E-state index is 0.0450. The molecule has 2 heterocycles. The van der Waals surface area contributed by atoms with E-state index in [1.807, 2.05) is 0 Å². The van der Waals surface area contributed by atoms with E-state index in [1.54, 1.807) is 7.05 Å². The summed E-state index contributed by atoms with van der Waals surface area (Å²) < 4.78 is 23.1. The highest BCUT2D eigenvalue weighted by atomic mass is 32.2.